The molecule has 0 heterocycles. The number of benzene rings is 5. The number of rotatable bonds is 12. The number of carbonyl (C=O) groups is 1. The summed E-state index contributed by atoms with van der Waals surface area (Å²) in [5.74, 6) is -0.891. The van der Waals surface area contributed by atoms with Crippen LogP contribution in [0.2, 0.25) is 10.0 Å². The molecule has 0 aromatic heterocycles. The van der Waals surface area contributed by atoms with Crippen LogP contribution in [0.4, 0.5) is 4.39 Å². The van der Waals surface area contributed by atoms with E-state index in [4.69, 9.17) is 27.9 Å². The van der Waals surface area contributed by atoms with Crippen molar-refractivity contribution in [3.05, 3.63) is 147 Å². The Hall–Kier alpha value is -4.46. The number of sulfonamides is 1. The zero-order valence-electron chi connectivity index (χ0n) is 26.7. The van der Waals surface area contributed by atoms with Gasteiger partial charge in [-0.15, -0.1) is 0 Å². The molecule has 50 heavy (non-hydrogen) atoms. The van der Waals surface area contributed by atoms with Gasteiger partial charge in [-0.25, -0.2) is 21.2 Å². The number of nitrogens with zero attached hydrogens (tertiary/aromatic N) is 1. The van der Waals surface area contributed by atoms with E-state index in [0.29, 0.717) is 28.0 Å². The highest BCUT2D eigenvalue weighted by atomic mass is 35.5. The molecule has 1 amide bonds. The third kappa shape index (κ3) is 9.20. The van der Waals surface area contributed by atoms with Gasteiger partial charge in [0.15, 0.2) is 15.6 Å². The highest BCUT2D eigenvalue weighted by molar-refractivity contribution is 7.90. The number of ether oxygens (including phenoxy) is 1. The maximum Gasteiger partial charge on any atom is 0.251 e. The first kappa shape index (κ1) is 36.8. The number of phenolic OH excluding ortho intramolecular Hbond substituents is 1. The van der Waals surface area contributed by atoms with Crippen LogP contribution in [0.3, 0.4) is 0 Å². The molecule has 0 aliphatic rings. The van der Waals surface area contributed by atoms with Gasteiger partial charge in [-0.2, -0.15) is 4.31 Å². The van der Waals surface area contributed by atoms with Crippen molar-refractivity contribution in [1.29, 1.82) is 0 Å². The molecule has 9 nitrogen and oxygen atoms in total. The van der Waals surface area contributed by atoms with Gasteiger partial charge < -0.3 is 15.2 Å². The molecule has 5 aromatic rings. The summed E-state index contributed by atoms with van der Waals surface area (Å²) < 4.78 is 73.2. The lowest BCUT2D eigenvalue weighted by molar-refractivity contribution is 0.0950. The first-order chi connectivity index (χ1) is 23.6. The van der Waals surface area contributed by atoms with Crippen LogP contribution in [0.15, 0.2) is 113 Å². The third-order valence-electron chi connectivity index (χ3n) is 7.52. The minimum atomic E-state index is -4.52. The van der Waals surface area contributed by atoms with Gasteiger partial charge in [0, 0.05) is 36.5 Å². The van der Waals surface area contributed by atoms with Crippen LogP contribution in [-0.2, 0) is 39.5 Å². The Labute approximate surface area is 299 Å². The largest absolute Gasteiger partial charge is 0.505 e. The van der Waals surface area contributed by atoms with Crippen molar-refractivity contribution in [3.8, 4) is 17.2 Å². The summed E-state index contributed by atoms with van der Waals surface area (Å²) in [4.78, 5) is 12.4. The fourth-order valence-corrected chi connectivity index (χ4v) is 7.75. The summed E-state index contributed by atoms with van der Waals surface area (Å²) >= 11 is 12.2. The highest BCUT2D eigenvalue weighted by Crippen LogP contribution is 2.37. The molecular weight excluding hydrogens is 726 g/mol. The summed E-state index contributed by atoms with van der Waals surface area (Å²) in [7, 11) is -8.03. The fourth-order valence-electron chi connectivity index (χ4n) is 4.96. The number of sulfone groups is 1. The smallest absolute Gasteiger partial charge is 0.251 e. The number of phenols is 1. The van der Waals surface area contributed by atoms with E-state index in [1.807, 2.05) is 19.1 Å². The minimum absolute atomic E-state index is 0.0230. The first-order valence-corrected chi connectivity index (χ1v) is 19.1. The molecule has 0 fully saturated rings. The van der Waals surface area contributed by atoms with Crippen LogP contribution in [0, 0.1) is 12.7 Å². The van der Waals surface area contributed by atoms with Crippen molar-refractivity contribution in [2.45, 2.75) is 36.3 Å². The number of aromatic hydroxyl groups is 1. The lowest BCUT2D eigenvalue weighted by atomic mass is 10.1. The predicted octanol–water partition coefficient (Wildman–Crippen LogP) is 7.66. The van der Waals surface area contributed by atoms with E-state index in [1.54, 1.807) is 30.3 Å². The van der Waals surface area contributed by atoms with E-state index in [-0.39, 0.29) is 46.2 Å². The maximum absolute atomic E-state index is 14.2. The van der Waals surface area contributed by atoms with Gasteiger partial charge >= 0.3 is 0 Å². The monoisotopic (exact) mass is 756 g/mol. The van der Waals surface area contributed by atoms with Crippen molar-refractivity contribution >= 4 is 49.0 Å². The number of nitrogens with one attached hydrogen (secondary N) is 1. The van der Waals surface area contributed by atoms with E-state index in [1.165, 1.54) is 54.6 Å². The van der Waals surface area contributed by atoms with Gasteiger partial charge in [0.05, 0.1) is 9.92 Å². The lowest BCUT2D eigenvalue weighted by Gasteiger charge is -2.24. The summed E-state index contributed by atoms with van der Waals surface area (Å²) in [6, 6.07) is 25.3. The van der Waals surface area contributed by atoms with Crippen LogP contribution in [-0.4, -0.2) is 38.4 Å². The Morgan fingerprint density at radius 2 is 1.42 bits per heavy atom. The number of aryl methyl sites for hydroxylation is 1. The molecule has 0 unspecified atom stereocenters. The number of amides is 1. The van der Waals surface area contributed by atoms with E-state index in [0.717, 1.165) is 22.2 Å². The Bertz CT molecular complexity index is 2250. The van der Waals surface area contributed by atoms with Gasteiger partial charge in [-0.05, 0) is 96.4 Å². The van der Waals surface area contributed by atoms with E-state index in [2.05, 4.69) is 5.32 Å². The molecule has 0 atom stereocenters. The van der Waals surface area contributed by atoms with Crippen LogP contribution in [0.25, 0.3) is 0 Å². The van der Waals surface area contributed by atoms with E-state index in [9.17, 15) is 31.1 Å². The second-order valence-electron chi connectivity index (χ2n) is 11.5. The molecule has 0 spiro atoms. The zero-order valence-corrected chi connectivity index (χ0v) is 29.9. The lowest BCUT2D eigenvalue weighted by Crippen LogP contribution is -2.30. The molecule has 5 aromatic carbocycles. The molecule has 0 radical (unpaired) electrons. The quantitative estimate of drug-likeness (QED) is 0.134. The topological polar surface area (TPSA) is 130 Å². The summed E-state index contributed by atoms with van der Waals surface area (Å²) in [5, 5.41) is 13.3. The van der Waals surface area contributed by atoms with Gasteiger partial charge in [0.25, 0.3) is 5.91 Å². The van der Waals surface area contributed by atoms with Gasteiger partial charge in [-0.3, -0.25) is 4.79 Å². The highest BCUT2D eigenvalue weighted by Gasteiger charge is 2.30. The van der Waals surface area contributed by atoms with Crippen molar-refractivity contribution in [2.24, 2.45) is 0 Å². The molecule has 2 N–H and O–H groups in total. The second kappa shape index (κ2) is 15.2. The van der Waals surface area contributed by atoms with Crippen molar-refractivity contribution in [3.63, 3.8) is 0 Å². The number of hydrogen-bond donors (Lipinski definition) is 2. The summed E-state index contributed by atoms with van der Waals surface area (Å²) in [6.07, 6.45) is 1.06. The zero-order chi connectivity index (χ0) is 36.2. The predicted molar refractivity (Wildman–Crippen MR) is 189 cm³/mol. The number of halogens is 3. The van der Waals surface area contributed by atoms with Crippen molar-refractivity contribution in [1.82, 2.24) is 9.62 Å². The van der Waals surface area contributed by atoms with Crippen LogP contribution >= 0.6 is 23.2 Å². The SMILES string of the molecule is Cc1ccc(C(=O)NCc2cc(CN(Cc3ccc(S(C)(=O)=O)cc3)S(=O)(=O)c3cc(Cl)cc(Cl)c3O)cc(Oc3ccc(F)cc3)c2)cc1. The normalized spacial score (nSPS) is 11.8. The van der Waals surface area contributed by atoms with E-state index < -0.39 is 36.3 Å². The van der Waals surface area contributed by atoms with Crippen LogP contribution in [0.1, 0.15) is 32.6 Å². The van der Waals surface area contributed by atoms with Crippen LogP contribution in [0.5, 0.6) is 17.2 Å². The maximum atomic E-state index is 14.2. The van der Waals surface area contributed by atoms with E-state index >= 15 is 0 Å². The first-order valence-electron chi connectivity index (χ1n) is 15.0. The average molecular weight is 758 g/mol. The number of hydrogen-bond acceptors (Lipinski definition) is 7. The summed E-state index contributed by atoms with van der Waals surface area (Å²) in [5.41, 5.74) is 2.87. The third-order valence-corrected chi connectivity index (χ3v) is 11.0. The van der Waals surface area contributed by atoms with Crippen molar-refractivity contribution in [2.75, 3.05) is 6.26 Å². The summed E-state index contributed by atoms with van der Waals surface area (Å²) in [6.45, 7) is 1.43. The molecular formula is C36H31Cl2FN2O7S2. The molecule has 0 aliphatic carbocycles. The molecule has 0 bridgehead atoms. The van der Waals surface area contributed by atoms with Crippen molar-refractivity contribution < 1.29 is 35.9 Å². The van der Waals surface area contributed by atoms with Gasteiger partial charge in [0.1, 0.15) is 22.2 Å². The van der Waals surface area contributed by atoms with Gasteiger partial charge in [0.2, 0.25) is 10.0 Å². The Morgan fingerprint density at radius 3 is 2.06 bits per heavy atom. The Balaban J connectivity index is 1.54. The molecule has 0 aliphatic heterocycles. The molecule has 260 valence electrons. The average Bonchev–Trinajstić information content (AvgIpc) is 3.06. The minimum Gasteiger partial charge on any atom is -0.505 e. The Kier molecular flexibility index (Phi) is 11.2. The standard InChI is InChI=1S/C36H31Cl2FN2O7S2/c1-23-3-7-27(8-4-23)36(43)40-20-25-15-26(17-31(16-25)48-30-11-9-29(39)10-12-30)22-41(21-24-5-13-32(14-6-24)49(2,44)45)50(46,47)34-19-28(37)18-33(38)35(34)42/h3-19,42H,20-22H2,1-2H3,(H,40,43). The molecule has 5 rings (SSSR count). The van der Waals surface area contributed by atoms with Crippen LogP contribution < -0.4 is 10.1 Å². The molecule has 14 heteroatoms. The second-order valence-corrected chi connectivity index (χ2v) is 16.3. The number of carbonyl (C=O) groups excluding carboxylic acids is 1. The molecule has 0 saturated carbocycles. The Morgan fingerprint density at radius 1 is 0.800 bits per heavy atom. The van der Waals surface area contributed by atoms with Gasteiger partial charge in [-0.1, -0.05) is 59.1 Å². The molecule has 0 saturated heterocycles. The fraction of sp³-hybridized carbons (Fsp3) is 0.139.